The Labute approximate surface area is 160 Å². The van der Waals surface area contributed by atoms with Crippen molar-refractivity contribution in [2.75, 3.05) is 26.2 Å². The minimum atomic E-state index is -4.30. The van der Waals surface area contributed by atoms with E-state index in [-0.39, 0.29) is 32.1 Å². The van der Waals surface area contributed by atoms with Gasteiger partial charge < -0.3 is 4.90 Å². The second-order valence-corrected chi connectivity index (χ2v) is 9.26. The molecule has 9 heteroatoms. The summed E-state index contributed by atoms with van der Waals surface area (Å²) < 4.78 is 53.8. The lowest BCUT2D eigenvalue weighted by atomic mass is 10.3. The van der Waals surface area contributed by atoms with Crippen LogP contribution in [0.1, 0.15) is 9.75 Å². The molecule has 144 valence electrons. The van der Waals surface area contributed by atoms with Crippen molar-refractivity contribution < 1.29 is 22.0 Å². The highest BCUT2D eigenvalue weighted by molar-refractivity contribution is 7.89. The molecule has 0 bridgehead atoms. The van der Waals surface area contributed by atoms with Gasteiger partial charge >= 0.3 is 0 Å². The normalized spacial score (nSPS) is 16.2. The molecule has 0 spiro atoms. The molecule has 0 atom stereocenters. The SMILES string of the molecule is Cc1ccc(C=CC(=O)N2CCN(S(=O)(=O)c3c(F)cccc3F)CC2)s1. The van der Waals surface area contributed by atoms with Gasteiger partial charge in [0.1, 0.15) is 11.6 Å². The summed E-state index contributed by atoms with van der Waals surface area (Å²) in [5, 5.41) is 0. The fourth-order valence-electron chi connectivity index (χ4n) is 2.81. The van der Waals surface area contributed by atoms with Gasteiger partial charge in [-0.1, -0.05) is 6.07 Å². The predicted octanol–water partition coefficient (Wildman–Crippen LogP) is 2.88. The molecule has 1 saturated heterocycles. The topological polar surface area (TPSA) is 57.7 Å². The van der Waals surface area contributed by atoms with E-state index in [1.54, 1.807) is 17.4 Å². The molecule has 2 aromatic rings. The number of piperazine rings is 1. The summed E-state index contributed by atoms with van der Waals surface area (Å²) in [6, 6.07) is 6.80. The first-order valence-corrected chi connectivity index (χ1v) is 10.5. The van der Waals surface area contributed by atoms with Crippen LogP contribution in [0.2, 0.25) is 0 Å². The molecule has 0 aliphatic carbocycles. The molecule has 0 radical (unpaired) electrons. The van der Waals surface area contributed by atoms with Crippen LogP contribution in [0.4, 0.5) is 8.78 Å². The molecule has 3 rings (SSSR count). The van der Waals surface area contributed by atoms with E-state index in [1.807, 2.05) is 19.1 Å². The Morgan fingerprint density at radius 2 is 1.70 bits per heavy atom. The lowest BCUT2D eigenvalue weighted by Crippen LogP contribution is -2.50. The molecule has 1 aliphatic rings. The number of sulfonamides is 1. The predicted molar refractivity (Wildman–Crippen MR) is 99.8 cm³/mol. The van der Waals surface area contributed by atoms with Gasteiger partial charge in [0, 0.05) is 42.0 Å². The third-order valence-corrected chi connectivity index (χ3v) is 7.14. The second kappa shape index (κ2) is 7.87. The first kappa shape index (κ1) is 19.7. The van der Waals surface area contributed by atoms with Crippen molar-refractivity contribution in [2.24, 2.45) is 0 Å². The van der Waals surface area contributed by atoms with Crippen LogP contribution in [0.5, 0.6) is 0 Å². The van der Waals surface area contributed by atoms with Crippen LogP contribution in [0, 0.1) is 18.6 Å². The van der Waals surface area contributed by atoms with E-state index in [1.165, 1.54) is 11.0 Å². The maximum absolute atomic E-state index is 13.9. The van der Waals surface area contributed by atoms with Gasteiger partial charge in [0.05, 0.1) is 0 Å². The molecular weight excluding hydrogens is 394 g/mol. The Kier molecular flexibility index (Phi) is 5.73. The standard InChI is InChI=1S/C18H18F2N2O3S2/c1-13-5-6-14(26-13)7-8-17(23)21-9-11-22(12-10-21)27(24,25)18-15(19)3-2-4-16(18)20/h2-8H,9-12H2,1H3. The van der Waals surface area contributed by atoms with Crippen LogP contribution in [-0.4, -0.2) is 49.7 Å². The van der Waals surface area contributed by atoms with E-state index in [9.17, 15) is 22.0 Å². The summed E-state index contributed by atoms with van der Waals surface area (Å²) in [5.74, 6) is -2.47. The van der Waals surface area contributed by atoms with Gasteiger partial charge in [-0.15, -0.1) is 11.3 Å². The molecule has 2 heterocycles. The van der Waals surface area contributed by atoms with Crippen LogP contribution < -0.4 is 0 Å². The highest BCUT2D eigenvalue weighted by atomic mass is 32.2. The number of carbonyl (C=O) groups is 1. The molecule has 0 N–H and O–H groups in total. The number of carbonyl (C=O) groups excluding carboxylic acids is 1. The Balaban J connectivity index is 1.66. The van der Waals surface area contributed by atoms with Crippen LogP contribution in [-0.2, 0) is 14.8 Å². The molecule has 0 unspecified atom stereocenters. The van der Waals surface area contributed by atoms with Crippen molar-refractivity contribution in [3.05, 3.63) is 57.8 Å². The third kappa shape index (κ3) is 4.26. The number of rotatable bonds is 4. The summed E-state index contributed by atoms with van der Waals surface area (Å²) in [5.41, 5.74) is 0. The minimum Gasteiger partial charge on any atom is -0.337 e. The van der Waals surface area contributed by atoms with Gasteiger partial charge in [-0.05, 0) is 37.3 Å². The monoisotopic (exact) mass is 412 g/mol. The van der Waals surface area contributed by atoms with Gasteiger partial charge in [-0.3, -0.25) is 4.79 Å². The van der Waals surface area contributed by atoms with E-state index in [0.29, 0.717) is 0 Å². The van der Waals surface area contributed by atoms with Crippen LogP contribution in [0.3, 0.4) is 0 Å². The maximum Gasteiger partial charge on any atom is 0.249 e. The minimum absolute atomic E-state index is 0.0200. The number of amides is 1. The number of hydrogen-bond donors (Lipinski definition) is 0. The molecular formula is C18H18F2N2O3S2. The Morgan fingerprint density at radius 3 is 2.26 bits per heavy atom. The van der Waals surface area contributed by atoms with E-state index in [0.717, 1.165) is 32.3 Å². The zero-order chi connectivity index (χ0) is 19.6. The molecule has 1 aliphatic heterocycles. The van der Waals surface area contributed by atoms with E-state index < -0.39 is 26.6 Å². The van der Waals surface area contributed by atoms with E-state index in [4.69, 9.17) is 0 Å². The van der Waals surface area contributed by atoms with Crippen molar-refractivity contribution in [3.8, 4) is 0 Å². The number of benzene rings is 1. The van der Waals surface area contributed by atoms with Gasteiger partial charge in [-0.25, -0.2) is 17.2 Å². The highest BCUT2D eigenvalue weighted by Crippen LogP contribution is 2.23. The molecule has 1 amide bonds. The van der Waals surface area contributed by atoms with Crippen molar-refractivity contribution in [3.63, 3.8) is 0 Å². The van der Waals surface area contributed by atoms with Gasteiger partial charge in [0.25, 0.3) is 0 Å². The van der Waals surface area contributed by atoms with Crippen molar-refractivity contribution in [1.29, 1.82) is 0 Å². The molecule has 27 heavy (non-hydrogen) atoms. The number of thiophene rings is 1. The van der Waals surface area contributed by atoms with Crippen LogP contribution in [0.15, 0.2) is 41.3 Å². The number of aryl methyl sites for hydroxylation is 1. The zero-order valence-electron chi connectivity index (χ0n) is 14.6. The second-order valence-electron chi connectivity index (χ2n) is 6.06. The molecule has 1 aromatic carbocycles. The Hall–Kier alpha value is -2.10. The van der Waals surface area contributed by atoms with Crippen LogP contribution in [0.25, 0.3) is 6.08 Å². The van der Waals surface area contributed by atoms with Gasteiger partial charge in [0.15, 0.2) is 4.90 Å². The number of nitrogens with zero attached hydrogens (tertiary/aromatic N) is 2. The molecule has 0 saturated carbocycles. The maximum atomic E-state index is 13.9. The van der Waals surface area contributed by atoms with E-state index >= 15 is 0 Å². The van der Waals surface area contributed by atoms with Gasteiger partial charge in [-0.2, -0.15) is 4.31 Å². The third-order valence-electron chi connectivity index (χ3n) is 4.22. The average Bonchev–Trinajstić information content (AvgIpc) is 3.05. The first-order chi connectivity index (χ1) is 12.8. The largest absolute Gasteiger partial charge is 0.337 e. The number of hydrogen-bond acceptors (Lipinski definition) is 4. The summed E-state index contributed by atoms with van der Waals surface area (Å²) in [6.45, 7) is 2.24. The molecule has 1 aromatic heterocycles. The first-order valence-electron chi connectivity index (χ1n) is 8.26. The highest BCUT2D eigenvalue weighted by Gasteiger charge is 2.33. The fraction of sp³-hybridized carbons (Fsp3) is 0.278. The lowest BCUT2D eigenvalue weighted by molar-refractivity contribution is -0.127. The lowest BCUT2D eigenvalue weighted by Gasteiger charge is -2.33. The zero-order valence-corrected chi connectivity index (χ0v) is 16.2. The Morgan fingerprint density at radius 1 is 1.07 bits per heavy atom. The molecule has 5 nitrogen and oxygen atoms in total. The smallest absolute Gasteiger partial charge is 0.249 e. The fourth-order valence-corrected chi connectivity index (χ4v) is 5.12. The summed E-state index contributed by atoms with van der Waals surface area (Å²) in [7, 11) is -4.30. The summed E-state index contributed by atoms with van der Waals surface area (Å²) in [4.78, 5) is 14.9. The van der Waals surface area contributed by atoms with Crippen molar-refractivity contribution in [1.82, 2.24) is 9.21 Å². The van der Waals surface area contributed by atoms with Crippen molar-refractivity contribution >= 4 is 33.3 Å². The summed E-state index contributed by atoms with van der Waals surface area (Å²) >= 11 is 1.56. The molecule has 1 fully saturated rings. The van der Waals surface area contributed by atoms with Crippen LogP contribution >= 0.6 is 11.3 Å². The van der Waals surface area contributed by atoms with Gasteiger partial charge in [0.2, 0.25) is 15.9 Å². The average molecular weight is 412 g/mol. The summed E-state index contributed by atoms with van der Waals surface area (Å²) in [6.07, 6.45) is 3.17. The quantitative estimate of drug-likeness (QED) is 0.726. The van der Waals surface area contributed by atoms with Crippen molar-refractivity contribution in [2.45, 2.75) is 11.8 Å². The van der Waals surface area contributed by atoms with E-state index in [2.05, 4.69) is 0 Å². The Bertz CT molecular complexity index is 958. The number of halogens is 2.